The summed E-state index contributed by atoms with van der Waals surface area (Å²) in [5, 5.41) is 10.2. The zero-order chi connectivity index (χ0) is 22.1. The molecule has 2 unspecified atom stereocenters. The van der Waals surface area contributed by atoms with Crippen molar-refractivity contribution in [3.8, 4) is 0 Å². The van der Waals surface area contributed by atoms with Crippen molar-refractivity contribution in [3.63, 3.8) is 0 Å². The van der Waals surface area contributed by atoms with E-state index in [0.717, 1.165) is 23.2 Å². The minimum absolute atomic E-state index is 0. The van der Waals surface area contributed by atoms with Crippen molar-refractivity contribution in [1.29, 1.82) is 0 Å². The maximum absolute atomic E-state index is 5.37. The van der Waals surface area contributed by atoms with E-state index in [-0.39, 0.29) is 41.7 Å². The highest BCUT2D eigenvalue weighted by Crippen LogP contribution is 2.21. The van der Waals surface area contributed by atoms with Crippen molar-refractivity contribution < 1.29 is 4.74 Å². The van der Waals surface area contributed by atoms with Gasteiger partial charge in [-0.3, -0.25) is 4.99 Å². The Balaban J connectivity index is 0.00000480. The largest absolute Gasteiger partial charge is 0.375 e. The van der Waals surface area contributed by atoms with E-state index in [2.05, 4.69) is 72.9 Å². The summed E-state index contributed by atoms with van der Waals surface area (Å²) < 4.78 is 5.37. The molecule has 174 valence electrons. The number of nitrogens with zero attached hydrogens (tertiary/aromatic N) is 3. The van der Waals surface area contributed by atoms with Crippen molar-refractivity contribution in [2.45, 2.75) is 58.8 Å². The van der Waals surface area contributed by atoms with Gasteiger partial charge in [-0.1, -0.05) is 30.3 Å². The third-order valence-electron chi connectivity index (χ3n) is 4.90. The average molecular weight is 560 g/mol. The van der Waals surface area contributed by atoms with Gasteiger partial charge in [0.15, 0.2) is 5.96 Å². The fourth-order valence-electron chi connectivity index (χ4n) is 3.20. The Bertz CT molecular complexity index is 796. The molecule has 0 aliphatic heterocycles. The summed E-state index contributed by atoms with van der Waals surface area (Å²) in [7, 11) is 3.76. The summed E-state index contributed by atoms with van der Waals surface area (Å²) in [4.78, 5) is 11.7. The van der Waals surface area contributed by atoms with Crippen LogP contribution in [0.15, 0.2) is 40.7 Å². The molecule has 0 aliphatic carbocycles. The second-order valence-electron chi connectivity index (χ2n) is 8.24. The molecule has 2 aromatic rings. The number of aliphatic imine (C=N–C) groups is 1. The molecule has 0 saturated carbocycles. The summed E-state index contributed by atoms with van der Waals surface area (Å²) in [6.45, 7) is 12.9. The summed E-state index contributed by atoms with van der Waals surface area (Å²) >= 11 is 1.64. The highest BCUT2D eigenvalue weighted by Gasteiger charge is 2.21. The van der Waals surface area contributed by atoms with Crippen LogP contribution in [0.2, 0.25) is 0 Å². The highest BCUT2D eigenvalue weighted by atomic mass is 127. The number of guanidine groups is 1. The second kappa shape index (κ2) is 13.3. The first-order valence-corrected chi connectivity index (χ1v) is 11.4. The van der Waals surface area contributed by atoms with Gasteiger partial charge in [0.05, 0.1) is 18.8 Å². The van der Waals surface area contributed by atoms with Gasteiger partial charge < -0.3 is 20.3 Å². The number of aromatic nitrogens is 1. The summed E-state index contributed by atoms with van der Waals surface area (Å²) in [6.07, 6.45) is 0.0226. The van der Waals surface area contributed by atoms with Gasteiger partial charge in [0.2, 0.25) is 0 Å². The topological polar surface area (TPSA) is 61.8 Å². The van der Waals surface area contributed by atoms with E-state index in [1.807, 2.05) is 20.0 Å². The maximum Gasteiger partial charge on any atom is 0.194 e. The van der Waals surface area contributed by atoms with E-state index in [1.54, 1.807) is 18.4 Å². The lowest BCUT2D eigenvalue weighted by molar-refractivity contribution is 0.119. The van der Waals surface area contributed by atoms with Crippen LogP contribution in [-0.2, 0) is 11.3 Å². The number of hydrogen-bond acceptors (Lipinski definition) is 5. The second-order valence-corrected chi connectivity index (χ2v) is 9.13. The van der Waals surface area contributed by atoms with E-state index in [1.165, 1.54) is 5.56 Å². The molecule has 1 aromatic heterocycles. The van der Waals surface area contributed by atoms with E-state index in [4.69, 9.17) is 14.7 Å². The molecule has 0 radical (unpaired) electrons. The molecular formula is C23H38IN5OS. The summed E-state index contributed by atoms with van der Waals surface area (Å²) in [5.41, 5.74) is 2.17. The molecule has 6 nitrogen and oxygen atoms in total. The average Bonchev–Trinajstić information content (AvgIpc) is 3.19. The van der Waals surface area contributed by atoms with Crippen LogP contribution in [0.1, 0.15) is 63.0 Å². The van der Waals surface area contributed by atoms with Crippen molar-refractivity contribution in [2.75, 3.05) is 27.2 Å². The van der Waals surface area contributed by atoms with Gasteiger partial charge in [-0.25, -0.2) is 4.98 Å². The third-order valence-corrected chi connectivity index (χ3v) is 5.95. The summed E-state index contributed by atoms with van der Waals surface area (Å²) in [6, 6.07) is 10.8. The fourth-order valence-corrected chi connectivity index (χ4v) is 4.04. The van der Waals surface area contributed by atoms with Crippen LogP contribution in [0, 0.1) is 0 Å². The SMILES string of the molecule is CCNC(=NCC(C)(C)NC(C)c1ccccc1)N(C)Cc1csc(C(C)OC)n1.I. The smallest absolute Gasteiger partial charge is 0.194 e. The van der Waals surface area contributed by atoms with Crippen LogP contribution in [0.4, 0.5) is 0 Å². The first kappa shape index (κ1) is 27.8. The van der Waals surface area contributed by atoms with Crippen molar-refractivity contribution in [3.05, 3.63) is 52.0 Å². The van der Waals surface area contributed by atoms with Crippen LogP contribution in [-0.4, -0.2) is 48.6 Å². The van der Waals surface area contributed by atoms with Gasteiger partial charge in [-0.15, -0.1) is 35.3 Å². The lowest BCUT2D eigenvalue weighted by atomic mass is 10.0. The van der Waals surface area contributed by atoms with Gasteiger partial charge >= 0.3 is 0 Å². The number of thiazole rings is 1. The van der Waals surface area contributed by atoms with Crippen LogP contribution >= 0.6 is 35.3 Å². The van der Waals surface area contributed by atoms with E-state index >= 15 is 0 Å². The Kier molecular flexibility index (Phi) is 12.0. The molecule has 0 amide bonds. The number of nitrogens with one attached hydrogen (secondary N) is 2. The number of methoxy groups -OCH3 is 1. The van der Waals surface area contributed by atoms with Crippen molar-refractivity contribution >= 4 is 41.3 Å². The van der Waals surface area contributed by atoms with Gasteiger partial charge in [-0.2, -0.15) is 0 Å². The van der Waals surface area contributed by atoms with Crippen LogP contribution < -0.4 is 10.6 Å². The van der Waals surface area contributed by atoms with Crippen LogP contribution in [0.25, 0.3) is 0 Å². The molecule has 0 fully saturated rings. The van der Waals surface area contributed by atoms with Crippen LogP contribution in [0.5, 0.6) is 0 Å². The minimum atomic E-state index is -0.140. The summed E-state index contributed by atoms with van der Waals surface area (Å²) in [5.74, 6) is 0.883. The molecule has 2 N–H and O–H groups in total. The zero-order valence-corrected chi connectivity index (χ0v) is 23.0. The number of rotatable bonds is 10. The number of hydrogen-bond donors (Lipinski definition) is 2. The molecule has 8 heteroatoms. The predicted octanol–water partition coefficient (Wildman–Crippen LogP) is 5.00. The minimum Gasteiger partial charge on any atom is -0.375 e. The first-order valence-electron chi connectivity index (χ1n) is 10.5. The van der Waals surface area contributed by atoms with Crippen molar-refractivity contribution in [2.24, 2.45) is 4.99 Å². The Morgan fingerprint density at radius 3 is 2.55 bits per heavy atom. The van der Waals surface area contributed by atoms with Crippen LogP contribution in [0.3, 0.4) is 0 Å². The third kappa shape index (κ3) is 9.03. The Morgan fingerprint density at radius 2 is 1.94 bits per heavy atom. The lowest BCUT2D eigenvalue weighted by Gasteiger charge is -2.30. The molecule has 0 saturated heterocycles. The molecule has 2 rings (SSSR count). The normalized spacial score (nSPS) is 14.0. The van der Waals surface area contributed by atoms with Crippen molar-refractivity contribution in [1.82, 2.24) is 20.5 Å². The predicted molar refractivity (Wildman–Crippen MR) is 142 cm³/mol. The van der Waals surface area contributed by atoms with E-state index < -0.39 is 0 Å². The maximum atomic E-state index is 5.37. The Morgan fingerprint density at radius 1 is 1.26 bits per heavy atom. The fraction of sp³-hybridized carbons (Fsp3) is 0.565. The van der Waals surface area contributed by atoms with Gasteiger partial charge in [0.25, 0.3) is 0 Å². The molecule has 1 heterocycles. The van der Waals surface area contributed by atoms with E-state index in [0.29, 0.717) is 13.1 Å². The van der Waals surface area contributed by atoms with Gasteiger partial charge in [-0.05, 0) is 40.2 Å². The lowest BCUT2D eigenvalue weighted by Crippen LogP contribution is -2.45. The first-order chi connectivity index (χ1) is 14.3. The number of benzene rings is 1. The van der Waals surface area contributed by atoms with Gasteiger partial charge in [0, 0.05) is 37.7 Å². The monoisotopic (exact) mass is 559 g/mol. The molecule has 1 aromatic carbocycles. The number of halogens is 1. The van der Waals surface area contributed by atoms with Gasteiger partial charge in [0.1, 0.15) is 11.1 Å². The highest BCUT2D eigenvalue weighted by molar-refractivity contribution is 14.0. The Labute approximate surface area is 208 Å². The Hall–Kier alpha value is -1.23. The standard InChI is InChI=1S/C23H37N5OS.HI/c1-8-24-22(28(6)14-20-15-30-21(26-20)18(3)29-7)25-16-23(4,5)27-17(2)19-12-10-9-11-13-19;/h9-13,15,17-18,27H,8,14,16H2,1-7H3,(H,24,25);1H. The number of ether oxygens (including phenoxy) is 1. The molecule has 0 spiro atoms. The molecular weight excluding hydrogens is 521 g/mol. The molecule has 2 atom stereocenters. The molecule has 31 heavy (non-hydrogen) atoms. The quantitative estimate of drug-likeness (QED) is 0.244. The van der Waals surface area contributed by atoms with E-state index in [9.17, 15) is 0 Å². The molecule has 0 bridgehead atoms. The molecule has 0 aliphatic rings. The zero-order valence-electron chi connectivity index (χ0n) is 19.8.